The van der Waals surface area contributed by atoms with Crippen LogP contribution in [0.25, 0.3) is 0 Å². The van der Waals surface area contributed by atoms with Crippen LogP contribution in [0.15, 0.2) is 12.1 Å². The minimum absolute atomic E-state index is 0.143. The van der Waals surface area contributed by atoms with Crippen LogP contribution >= 0.6 is 0 Å². The Hall–Kier alpha value is -1.95. The maximum atomic E-state index is 12.6. The second-order valence-electron chi connectivity index (χ2n) is 4.38. The minimum Gasteiger partial charge on any atom is -0.493 e. The number of hydrogen-bond donors (Lipinski definition) is 1. The predicted molar refractivity (Wildman–Crippen MR) is 82.0 cm³/mol. The van der Waals surface area contributed by atoms with Gasteiger partial charge in [0.2, 0.25) is 0 Å². The lowest BCUT2D eigenvalue weighted by molar-refractivity contribution is 0.0670. The summed E-state index contributed by atoms with van der Waals surface area (Å²) in [5.74, 6) is 0.843. The van der Waals surface area contributed by atoms with Crippen molar-refractivity contribution in [3.8, 4) is 11.5 Å². The number of benzene rings is 1. The molecule has 6 nitrogen and oxygen atoms in total. The van der Waals surface area contributed by atoms with Gasteiger partial charge in [0.05, 0.1) is 26.4 Å². The van der Waals surface area contributed by atoms with E-state index in [2.05, 4.69) is 0 Å². The largest absolute Gasteiger partial charge is 0.493 e. The molecule has 1 rings (SSSR count). The molecule has 0 heterocycles. The van der Waals surface area contributed by atoms with Gasteiger partial charge >= 0.3 is 0 Å². The smallest absolute Gasteiger partial charge is 0.256 e. The third-order valence-corrected chi connectivity index (χ3v) is 3.16. The molecule has 21 heavy (non-hydrogen) atoms. The van der Waals surface area contributed by atoms with Gasteiger partial charge in [-0.2, -0.15) is 0 Å². The Kier molecular flexibility index (Phi) is 6.81. The fourth-order valence-electron chi connectivity index (χ4n) is 1.97. The van der Waals surface area contributed by atoms with E-state index in [4.69, 9.17) is 19.9 Å². The van der Waals surface area contributed by atoms with Crippen molar-refractivity contribution in [3.05, 3.63) is 17.7 Å². The Bertz CT molecular complexity index is 477. The molecule has 0 aliphatic carbocycles. The Labute approximate surface area is 125 Å². The van der Waals surface area contributed by atoms with Gasteiger partial charge in [0.25, 0.3) is 5.91 Å². The summed E-state index contributed by atoms with van der Waals surface area (Å²) in [6, 6.07) is 3.21. The number of nitrogens with two attached hydrogens (primary N) is 1. The van der Waals surface area contributed by atoms with Crippen LogP contribution in [0.2, 0.25) is 0 Å². The van der Waals surface area contributed by atoms with Crippen molar-refractivity contribution < 1.29 is 19.0 Å². The number of rotatable bonds is 8. The average Bonchev–Trinajstić information content (AvgIpc) is 2.50. The lowest BCUT2D eigenvalue weighted by atomic mass is 10.1. The average molecular weight is 296 g/mol. The molecule has 0 atom stereocenters. The fourth-order valence-corrected chi connectivity index (χ4v) is 1.97. The molecule has 0 bridgehead atoms. The van der Waals surface area contributed by atoms with Gasteiger partial charge in [0.1, 0.15) is 0 Å². The molecule has 1 amide bonds. The normalized spacial score (nSPS) is 10.3. The van der Waals surface area contributed by atoms with Crippen LogP contribution in [0.3, 0.4) is 0 Å². The molecule has 1 aromatic carbocycles. The molecule has 0 fully saturated rings. The summed E-state index contributed by atoms with van der Waals surface area (Å²) < 4.78 is 15.7. The third kappa shape index (κ3) is 4.26. The lowest BCUT2D eigenvalue weighted by Crippen LogP contribution is -2.34. The second-order valence-corrected chi connectivity index (χ2v) is 4.38. The zero-order valence-corrected chi connectivity index (χ0v) is 13.1. The third-order valence-electron chi connectivity index (χ3n) is 3.16. The topological polar surface area (TPSA) is 74.0 Å². The zero-order chi connectivity index (χ0) is 15.8. The maximum absolute atomic E-state index is 12.6. The van der Waals surface area contributed by atoms with Gasteiger partial charge in [-0.3, -0.25) is 4.79 Å². The van der Waals surface area contributed by atoms with Gasteiger partial charge in [-0.1, -0.05) is 0 Å². The van der Waals surface area contributed by atoms with Crippen LogP contribution in [0.4, 0.5) is 5.69 Å². The molecule has 6 heteroatoms. The quantitative estimate of drug-likeness (QED) is 0.585. The zero-order valence-electron chi connectivity index (χ0n) is 13.1. The van der Waals surface area contributed by atoms with Gasteiger partial charge in [0, 0.05) is 31.5 Å². The van der Waals surface area contributed by atoms with E-state index in [1.807, 2.05) is 13.8 Å². The number of carbonyl (C=O) groups excluding carboxylic acids is 1. The highest BCUT2D eigenvalue weighted by molar-refractivity contribution is 6.00. The van der Waals surface area contributed by atoms with E-state index in [1.165, 1.54) is 14.2 Å². The van der Waals surface area contributed by atoms with E-state index in [1.54, 1.807) is 17.0 Å². The summed E-state index contributed by atoms with van der Waals surface area (Å²) in [5.41, 5.74) is 6.73. The molecule has 0 aliphatic rings. The maximum Gasteiger partial charge on any atom is 0.256 e. The Morgan fingerprint density at radius 1 is 1.19 bits per heavy atom. The van der Waals surface area contributed by atoms with Crippen molar-refractivity contribution in [3.63, 3.8) is 0 Å². The number of nitrogen functional groups attached to an aromatic ring is 1. The SMILES string of the molecule is CCOCCN(CC)C(=O)c1cc(OC)c(OC)cc1N. The monoisotopic (exact) mass is 296 g/mol. The first-order valence-electron chi connectivity index (χ1n) is 6.97. The summed E-state index contributed by atoms with van der Waals surface area (Å²) in [4.78, 5) is 14.2. The highest BCUT2D eigenvalue weighted by Gasteiger charge is 2.19. The number of anilines is 1. The molecule has 2 N–H and O–H groups in total. The van der Waals surface area contributed by atoms with Crippen LogP contribution in [0.5, 0.6) is 11.5 Å². The van der Waals surface area contributed by atoms with Crippen molar-refractivity contribution >= 4 is 11.6 Å². The van der Waals surface area contributed by atoms with E-state index in [-0.39, 0.29) is 5.91 Å². The summed E-state index contributed by atoms with van der Waals surface area (Å²) in [6.45, 7) is 6.08. The number of carbonyl (C=O) groups is 1. The van der Waals surface area contributed by atoms with Crippen molar-refractivity contribution in [2.75, 3.05) is 46.3 Å². The molecule has 0 aromatic heterocycles. The highest BCUT2D eigenvalue weighted by atomic mass is 16.5. The van der Waals surface area contributed by atoms with Gasteiger partial charge in [-0.25, -0.2) is 0 Å². The van der Waals surface area contributed by atoms with E-state index < -0.39 is 0 Å². The lowest BCUT2D eigenvalue weighted by Gasteiger charge is -2.22. The van der Waals surface area contributed by atoms with Crippen LogP contribution in [-0.4, -0.2) is 51.3 Å². The van der Waals surface area contributed by atoms with Crippen LogP contribution < -0.4 is 15.2 Å². The number of likely N-dealkylation sites (N-methyl/N-ethyl adjacent to an activating group) is 1. The molecule has 0 aliphatic heterocycles. The number of ether oxygens (including phenoxy) is 3. The number of amides is 1. The molecule has 0 saturated carbocycles. The summed E-state index contributed by atoms with van der Waals surface area (Å²) in [6.07, 6.45) is 0. The van der Waals surface area contributed by atoms with E-state index in [0.29, 0.717) is 49.1 Å². The Balaban J connectivity index is 2.99. The van der Waals surface area contributed by atoms with Gasteiger partial charge in [0.15, 0.2) is 11.5 Å². The summed E-state index contributed by atoms with van der Waals surface area (Å²) >= 11 is 0. The fraction of sp³-hybridized carbons (Fsp3) is 0.533. The van der Waals surface area contributed by atoms with Crippen LogP contribution in [0, 0.1) is 0 Å². The van der Waals surface area contributed by atoms with Crippen LogP contribution in [-0.2, 0) is 4.74 Å². The van der Waals surface area contributed by atoms with Crippen molar-refractivity contribution in [2.45, 2.75) is 13.8 Å². The molecule has 0 saturated heterocycles. The molecule has 0 unspecified atom stereocenters. The van der Waals surface area contributed by atoms with Gasteiger partial charge in [-0.15, -0.1) is 0 Å². The molecule has 1 aromatic rings. The first kappa shape index (κ1) is 17.1. The van der Waals surface area contributed by atoms with E-state index >= 15 is 0 Å². The molecule has 0 spiro atoms. The van der Waals surface area contributed by atoms with Crippen molar-refractivity contribution in [1.29, 1.82) is 0 Å². The van der Waals surface area contributed by atoms with E-state index in [9.17, 15) is 4.79 Å². The minimum atomic E-state index is -0.143. The Morgan fingerprint density at radius 2 is 1.81 bits per heavy atom. The van der Waals surface area contributed by atoms with Gasteiger partial charge < -0.3 is 24.8 Å². The van der Waals surface area contributed by atoms with Crippen LogP contribution in [0.1, 0.15) is 24.2 Å². The molecular formula is C15H24N2O4. The second kappa shape index (κ2) is 8.36. The van der Waals surface area contributed by atoms with Crippen molar-refractivity contribution in [1.82, 2.24) is 4.90 Å². The Morgan fingerprint density at radius 3 is 2.33 bits per heavy atom. The van der Waals surface area contributed by atoms with E-state index in [0.717, 1.165) is 0 Å². The number of hydrogen-bond acceptors (Lipinski definition) is 5. The van der Waals surface area contributed by atoms with Gasteiger partial charge in [-0.05, 0) is 19.9 Å². The molecule has 118 valence electrons. The number of methoxy groups -OCH3 is 2. The standard InChI is InChI=1S/C15H24N2O4/c1-5-17(7-8-21-6-2)15(18)11-9-13(19-3)14(20-4)10-12(11)16/h9-10H,5-8,16H2,1-4H3. The molecule has 0 radical (unpaired) electrons. The first-order valence-corrected chi connectivity index (χ1v) is 6.97. The number of nitrogens with zero attached hydrogens (tertiary/aromatic N) is 1. The van der Waals surface area contributed by atoms with Crippen molar-refractivity contribution in [2.24, 2.45) is 0 Å². The molecular weight excluding hydrogens is 272 g/mol. The summed E-state index contributed by atoms with van der Waals surface area (Å²) in [7, 11) is 3.05. The highest BCUT2D eigenvalue weighted by Crippen LogP contribution is 2.32. The summed E-state index contributed by atoms with van der Waals surface area (Å²) in [5, 5.41) is 0. The first-order chi connectivity index (χ1) is 10.1. The predicted octanol–water partition coefficient (Wildman–Crippen LogP) is 1.78.